The van der Waals surface area contributed by atoms with E-state index in [-0.39, 0.29) is 0 Å². The molecule has 1 rings (SSSR count). The molecule has 0 aliphatic carbocycles. The predicted molar refractivity (Wildman–Crippen MR) is 132 cm³/mol. The van der Waals surface area contributed by atoms with Gasteiger partial charge in [-0.3, -0.25) is 0 Å². The predicted octanol–water partition coefficient (Wildman–Crippen LogP) is 10.0. The molecule has 1 aromatic rings. The number of aromatic nitrogens is 1. The molecular formula is C28H53N. The Balaban J connectivity index is 2.11. The highest BCUT2D eigenvalue weighted by Crippen LogP contribution is 2.24. The van der Waals surface area contributed by atoms with Crippen molar-refractivity contribution in [1.82, 2.24) is 4.98 Å². The van der Waals surface area contributed by atoms with Gasteiger partial charge >= 0.3 is 0 Å². The molecule has 1 aromatic heterocycles. The third-order valence-corrected chi connectivity index (χ3v) is 6.65. The average Bonchev–Trinajstić information content (AvgIpc) is 3.25. The van der Waals surface area contributed by atoms with Crippen LogP contribution in [-0.4, -0.2) is 4.98 Å². The van der Waals surface area contributed by atoms with Crippen LogP contribution in [-0.2, 0) is 6.42 Å². The van der Waals surface area contributed by atoms with Crippen LogP contribution in [0.5, 0.6) is 0 Å². The minimum Gasteiger partial charge on any atom is -0.365 e. The third-order valence-electron chi connectivity index (χ3n) is 6.65. The van der Waals surface area contributed by atoms with Gasteiger partial charge in [0.1, 0.15) is 0 Å². The van der Waals surface area contributed by atoms with E-state index in [1.807, 2.05) is 0 Å². The lowest BCUT2D eigenvalue weighted by Gasteiger charge is -2.17. The third kappa shape index (κ3) is 16.7. The van der Waals surface area contributed by atoms with E-state index in [0.29, 0.717) is 0 Å². The molecule has 0 amide bonds. The molecule has 1 heteroatoms. The summed E-state index contributed by atoms with van der Waals surface area (Å²) in [6.07, 6.45) is 32.2. The van der Waals surface area contributed by atoms with E-state index in [2.05, 4.69) is 37.2 Å². The molecule has 0 aromatic carbocycles. The minimum atomic E-state index is 0.977. The minimum absolute atomic E-state index is 0.977. The Morgan fingerprint density at radius 2 is 1.03 bits per heavy atom. The van der Waals surface area contributed by atoms with Crippen LogP contribution in [0.1, 0.15) is 148 Å². The molecule has 0 aliphatic heterocycles. The zero-order valence-electron chi connectivity index (χ0n) is 20.2. The Kier molecular flexibility index (Phi) is 18.6. The maximum atomic E-state index is 3.37. The Morgan fingerprint density at radius 3 is 1.48 bits per heavy atom. The summed E-state index contributed by atoms with van der Waals surface area (Å²) in [6, 6.07) is 4.37. The Bertz CT molecular complexity index is 388. The summed E-state index contributed by atoms with van der Waals surface area (Å²) in [5.41, 5.74) is 1.42. The van der Waals surface area contributed by atoms with Crippen LogP contribution >= 0.6 is 0 Å². The SMILES string of the molecule is CCCCCCCCCCC(CCCCCCCCCC)CCCc1ccc[nH]1. The molecule has 1 heterocycles. The van der Waals surface area contributed by atoms with Gasteiger partial charge in [0.15, 0.2) is 0 Å². The molecule has 0 atom stereocenters. The number of hydrogen-bond donors (Lipinski definition) is 1. The van der Waals surface area contributed by atoms with Crippen LogP contribution in [0.4, 0.5) is 0 Å². The number of nitrogens with one attached hydrogen (secondary N) is 1. The highest BCUT2D eigenvalue weighted by molar-refractivity contribution is 5.03. The van der Waals surface area contributed by atoms with Crippen molar-refractivity contribution >= 4 is 0 Å². The Hall–Kier alpha value is -0.720. The molecule has 0 aliphatic rings. The van der Waals surface area contributed by atoms with Crippen molar-refractivity contribution in [2.45, 2.75) is 149 Å². The molecule has 0 spiro atoms. The van der Waals surface area contributed by atoms with Gasteiger partial charge in [-0.2, -0.15) is 0 Å². The van der Waals surface area contributed by atoms with E-state index in [1.54, 1.807) is 0 Å². The van der Waals surface area contributed by atoms with Gasteiger partial charge in [-0.1, -0.05) is 136 Å². The van der Waals surface area contributed by atoms with Crippen LogP contribution in [0.2, 0.25) is 0 Å². The monoisotopic (exact) mass is 403 g/mol. The molecule has 0 saturated heterocycles. The summed E-state index contributed by atoms with van der Waals surface area (Å²) in [4.78, 5) is 3.37. The Labute approximate surface area is 183 Å². The molecule has 0 unspecified atom stereocenters. The van der Waals surface area contributed by atoms with Gasteiger partial charge in [-0.15, -0.1) is 0 Å². The van der Waals surface area contributed by atoms with Gasteiger partial charge < -0.3 is 4.98 Å². The number of hydrogen-bond acceptors (Lipinski definition) is 0. The summed E-state index contributed by atoms with van der Waals surface area (Å²) >= 11 is 0. The molecule has 170 valence electrons. The number of H-pyrrole nitrogens is 1. The van der Waals surface area contributed by atoms with E-state index in [9.17, 15) is 0 Å². The van der Waals surface area contributed by atoms with Gasteiger partial charge in [0, 0.05) is 11.9 Å². The van der Waals surface area contributed by atoms with E-state index in [0.717, 1.165) is 5.92 Å². The lowest BCUT2D eigenvalue weighted by molar-refractivity contribution is 0.371. The van der Waals surface area contributed by atoms with Crippen LogP contribution in [0, 0.1) is 5.92 Å². The fourth-order valence-electron chi connectivity index (χ4n) is 4.67. The van der Waals surface area contributed by atoms with Crippen LogP contribution in [0.3, 0.4) is 0 Å². The van der Waals surface area contributed by atoms with Gasteiger partial charge in [0.25, 0.3) is 0 Å². The number of rotatable bonds is 22. The maximum absolute atomic E-state index is 3.37. The van der Waals surface area contributed by atoms with Crippen molar-refractivity contribution in [1.29, 1.82) is 0 Å². The van der Waals surface area contributed by atoms with Crippen LogP contribution in [0.15, 0.2) is 18.3 Å². The van der Waals surface area contributed by atoms with Gasteiger partial charge in [0.05, 0.1) is 0 Å². The molecular weight excluding hydrogens is 350 g/mol. The normalized spacial score (nSPS) is 11.6. The standard InChI is InChI=1S/C28H53N/c1-3-5-7-9-11-13-15-17-21-27(23-19-24-28-25-20-26-29-28)22-18-16-14-12-10-8-6-4-2/h20,25-27,29H,3-19,21-24H2,1-2H3. The lowest BCUT2D eigenvalue weighted by atomic mass is 9.89. The largest absolute Gasteiger partial charge is 0.365 e. The number of unbranched alkanes of at least 4 members (excludes halogenated alkanes) is 14. The molecule has 0 fully saturated rings. The Morgan fingerprint density at radius 1 is 0.586 bits per heavy atom. The smallest absolute Gasteiger partial charge is 0.0147 e. The van der Waals surface area contributed by atoms with Crippen molar-refractivity contribution < 1.29 is 0 Å². The van der Waals surface area contributed by atoms with Crippen molar-refractivity contribution in [2.24, 2.45) is 5.92 Å². The zero-order valence-corrected chi connectivity index (χ0v) is 20.2. The number of aromatic amines is 1. The maximum Gasteiger partial charge on any atom is 0.0147 e. The van der Waals surface area contributed by atoms with Crippen molar-refractivity contribution in [3.05, 3.63) is 24.0 Å². The van der Waals surface area contributed by atoms with Gasteiger partial charge in [0.2, 0.25) is 0 Å². The number of aryl methyl sites for hydroxylation is 1. The topological polar surface area (TPSA) is 15.8 Å². The summed E-state index contributed by atoms with van der Waals surface area (Å²) in [5, 5.41) is 0. The highest BCUT2D eigenvalue weighted by Gasteiger charge is 2.09. The summed E-state index contributed by atoms with van der Waals surface area (Å²) < 4.78 is 0. The quantitative estimate of drug-likeness (QED) is 0.185. The van der Waals surface area contributed by atoms with Crippen molar-refractivity contribution in [2.75, 3.05) is 0 Å². The van der Waals surface area contributed by atoms with Crippen molar-refractivity contribution in [3.8, 4) is 0 Å². The lowest BCUT2D eigenvalue weighted by Crippen LogP contribution is -2.02. The average molecular weight is 404 g/mol. The molecule has 1 nitrogen and oxygen atoms in total. The molecule has 1 N–H and O–H groups in total. The molecule has 0 saturated carbocycles. The second kappa shape index (κ2) is 20.5. The van der Waals surface area contributed by atoms with E-state index >= 15 is 0 Å². The first-order valence-electron chi connectivity index (χ1n) is 13.5. The second-order valence-electron chi connectivity index (χ2n) is 9.48. The summed E-state index contributed by atoms with van der Waals surface area (Å²) in [6.45, 7) is 4.62. The summed E-state index contributed by atoms with van der Waals surface area (Å²) in [7, 11) is 0. The fourth-order valence-corrected chi connectivity index (χ4v) is 4.67. The summed E-state index contributed by atoms with van der Waals surface area (Å²) in [5.74, 6) is 0.977. The molecule has 0 bridgehead atoms. The van der Waals surface area contributed by atoms with E-state index in [4.69, 9.17) is 0 Å². The first-order chi connectivity index (χ1) is 14.4. The molecule has 29 heavy (non-hydrogen) atoms. The van der Waals surface area contributed by atoms with Crippen LogP contribution in [0.25, 0.3) is 0 Å². The van der Waals surface area contributed by atoms with Gasteiger partial charge in [-0.05, 0) is 30.9 Å². The fraction of sp³-hybridized carbons (Fsp3) is 0.857. The van der Waals surface area contributed by atoms with E-state index < -0.39 is 0 Å². The first-order valence-corrected chi connectivity index (χ1v) is 13.5. The molecule has 0 radical (unpaired) electrons. The first kappa shape index (κ1) is 26.3. The van der Waals surface area contributed by atoms with Crippen LogP contribution < -0.4 is 0 Å². The van der Waals surface area contributed by atoms with E-state index in [1.165, 1.54) is 141 Å². The zero-order chi connectivity index (χ0) is 20.8. The highest BCUT2D eigenvalue weighted by atomic mass is 14.7. The second-order valence-corrected chi connectivity index (χ2v) is 9.48. The van der Waals surface area contributed by atoms with Gasteiger partial charge in [-0.25, -0.2) is 0 Å². The van der Waals surface area contributed by atoms with Crippen molar-refractivity contribution in [3.63, 3.8) is 0 Å².